The van der Waals surface area contributed by atoms with Gasteiger partial charge in [0.05, 0.1) is 12.2 Å². The van der Waals surface area contributed by atoms with Gasteiger partial charge in [0, 0.05) is 59.8 Å². The summed E-state index contributed by atoms with van der Waals surface area (Å²) in [5, 5.41) is 34.6. The molecule has 0 atom stereocenters. The van der Waals surface area contributed by atoms with Crippen molar-refractivity contribution in [2.45, 2.75) is 202 Å². The molecular formula is C39H79N3O6. The van der Waals surface area contributed by atoms with Crippen LogP contribution in [0.1, 0.15) is 151 Å². The average Bonchev–Trinajstić information content (AvgIpc) is 2.89. The first-order chi connectivity index (χ1) is 20.4. The number of ether oxygens (including phenoxy) is 3. The van der Waals surface area contributed by atoms with E-state index >= 15 is 0 Å². The third-order valence-electron chi connectivity index (χ3n) is 9.59. The minimum Gasteiger partial charge on any atom is -0.490 e. The van der Waals surface area contributed by atoms with Crippen LogP contribution in [0.25, 0.3) is 0 Å². The normalized spacial score (nSPS) is 24.9. The number of nitrogens with zero attached hydrogens (tertiary/aromatic N) is 3. The Morgan fingerprint density at radius 3 is 1.12 bits per heavy atom. The molecule has 1 aromatic carbocycles. The van der Waals surface area contributed by atoms with Crippen LogP contribution in [0, 0.1) is 0 Å². The van der Waals surface area contributed by atoms with Crippen LogP contribution in [0.2, 0.25) is 0 Å². The van der Waals surface area contributed by atoms with Gasteiger partial charge in [-0.2, -0.15) is 15.2 Å². The van der Waals surface area contributed by atoms with Crippen LogP contribution in [0.5, 0.6) is 5.75 Å². The molecule has 9 heteroatoms. The van der Waals surface area contributed by atoms with Gasteiger partial charge in [-0.25, -0.2) is 0 Å². The maximum absolute atomic E-state index is 10.2. The molecule has 3 N–H and O–H groups in total. The summed E-state index contributed by atoms with van der Waals surface area (Å²) in [6.45, 7) is 27.4. The molecule has 0 bridgehead atoms. The summed E-state index contributed by atoms with van der Waals surface area (Å²) in [5.74, 6) is 0.903. The van der Waals surface area contributed by atoms with Crippen molar-refractivity contribution in [3.8, 4) is 5.75 Å². The van der Waals surface area contributed by atoms with Crippen molar-refractivity contribution in [3.63, 3.8) is 0 Å². The topological polar surface area (TPSA) is 98.1 Å². The van der Waals surface area contributed by atoms with Gasteiger partial charge in [0.2, 0.25) is 0 Å². The van der Waals surface area contributed by atoms with Crippen molar-refractivity contribution < 1.29 is 29.8 Å². The highest BCUT2D eigenvalue weighted by molar-refractivity contribution is 5.21. The first kappa shape index (κ1) is 48.8. The number of rotatable bonds is 5. The number of methoxy groups -OCH3 is 1. The molecule has 3 fully saturated rings. The van der Waals surface area contributed by atoms with Gasteiger partial charge in [-0.15, -0.1) is 0 Å². The van der Waals surface area contributed by atoms with Gasteiger partial charge in [0.1, 0.15) is 11.9 Å². The Kier molecular flexibility index (Phi) is 18.6. The zero-order valence-electron chi connectivity index (χ0n) is 31.0. The molecule has 3 heterocycles. The molecule has 48 heavy (non-hydrogen) atoms. The smallest absolute Gasteiger partial charge is 0.119 e. The molecule has 0 radical (unpaired) electrons. The minimum absolute atomic E-state index is 0. The summed E-state index contributed by atoms with van der Waals surface area (Å²) in [5.41, 5.74) is -1.30. The fourth-order valence-corrected chi connectivity index (χ4v) is 7.83. The lowest BCUT2D eigenvalue weighted by Gasteiger charge is -2.51. The van der Waals surface area contributed by atoms with Crippen molar-refractivity contribution >= 4 is 0 Å². The maximum Gasteiger partial charge on any atom is 0.119 e. The predicted molar refractivity (Wildman–Crippen MR) is 200 cm³/mol. The van der Waals surface area contributed by atoms with E-state index in [0.717, 1.165) is 50.9 Å². The second-order valence-electron chi connectivity index (χ2n) is 17.0. The monoisotopic (exact) mass is 686 g/mol. The summed E-state index contributed by atoms with van der Waals surface area (Å²) < 4.78 is 17.1. The van der Waals surface area contributed by atoms with E-state index in [9.17, 15) is 15.6 Å². The highest BCUT2D eigenvalue weighted by Gasteiger charge is 2.47. The number of hydroxylamine groups is 6. The molecule has 3 aliphatic rings. The molecule has 0 spiro atoms. The van der Waals surface area contributed by atoms with Gasteiger partial charge in [-0.3, -0.25) is 0 Å². The van der Waals surface area contributed by atoms with Gasteiger partial charge in [-0.1, -0.05) is 40.5 Å². The second kappa shape index (κ2) is 18.3. The number of hydrogen-bond donors (Lipinski definition) is 3. The number of para-hydroxylation sites is 1. The van der Waals surface area contributed by atoms with Crippen LogP contribution in [-0.4, -0.2) is 96.1 Å². The third kappa shape index (κ3) is 12.8. The molecule has 0 aliphatic carbocycles. The second-order valence-corrected chi connectivity index (χ2v) is 17.0. The van der Waals surface area contributed by atoms with Crippen molar-refractivity contribution in [2.75, 3.05) is 13.7 Å². The zero-order valence-corrected chi connectivity index (χ0v) is 31.0. The fraction of sp³-hybridized carbons (Fsp3) is 0.846. The van der Waals surface area contributed by atoms with E-state index in [1.54, 1.807) is 7.11 Å². The van der Waals surface area contributed by atoms with E-state index in [0.29, 0.717) is 0 Å². The number of piperidine rings is 3. The molecule has 4 rings (SSSR count). The Bertz CT molecular complexity index is 989. The van der Waals surface area contributed by atoms with Gasteiger partial charge < -0.3 is 29.8 Å². The van der Waals surface area contributed by atoms with Crippen LogP contribution in [0.4, 0.5) is 0 Å². The lowest BCUT2D eigenvalue weighted by Crippen LogP contribution is -2.61. The van der Waals surface area contributed by atoms with Gasteiger partial charge in [-0.05, 0) is 128 Å². The summed E-state index contributed by atoms with van der Waals surface area (Å²) in [4.78, 5) is 0. The molecular weight excluding hydrogens is 606 g/mol. The zero-order chi connectivity index (χ0) is 34.6. The third-order valence-corrected chi connectivity index (χ3v) is 9.59. The Morgan fingerprint density at radius 1 is 0.542 bits per heavy atom. The van der Waals surface area contributed by atoms with Gasteiger partial charge >= 0.3 is 0 Å². The van der Waals surface area contributed by atoms with E-state index < -0.39 is 0 Å². The largest absolute Gasteiger partial charge is 0.490 e. The van der Waals surface area contributed by atoms with E-state index in [4.69, 9.17) is 14.2 Å². The standard InChI is InChI=1S/C15H23NO2.C11H23NO2.C10H21NO2.3CH4/c1-14(2)10-13(11-15(3,4)16(14)17)18-12-8-6-5-7-9-12;1-6-14-9-7-10(2,3)12(13)11(4,5)8-9;1-9(2)6-8(13-5)7-10(3,4)11(9)12;;;/h5-9,13,17H,10-11H2,1-4H3;9,13H,6-8H2,1-5H3;8,12H,6-7H2,1-5H3;3*1H4. The van der Waals surface area contributed by atoms with Crippen molar-refractivity contribution in [1.82, 2.24) is 15.2 Å². The van der Waals surface area contributed by atoms with Crippen LogP contribution in [0.15, 0.2) is 30.3 Å². The Labute approximate surface area is 296 Å². The van der Waals surface area contributed by atoms with Crippen LogP contribution in [0.3, 0.4) is 0 Å². The summed E-state index contributed by atoms with van der Waals surface area (Å²) >= 11 is 0. The lowest BCUT2D eigenvalue weighted by atomic mass is 9.80. The molecule has 3 aliphatic heterocycles. The summed E-state index contributed by atoms with van der Waals surface area (Å²) in [6, 6.07) is 9.90. The van der Waals surface area contributed by atoms with Gasteiger partial charge in [0.25, 0.3) is 0 Å². The van der Waals surface area contributed by atoms with E-state index in [2.05, 4.69) is 55.4 Å². The number of benzene rings is 1. The van der Waals surface area contributed by atoms with E-state index in [-0.39, 0.29) is 73.8 Å². The summed E-state index contributed by atoms with van der Waals surface area (Å²) in [7, 11) is 1.74. The first-order valence-electron chi connectivity index (χ1n) is 16.7. The van der Waals surface area contributed by atoms with Crippen LogP contribution >= 0.6 is 0 Å². The van der Waals surface area contributed by atoms with E-state index in [1.165, 1.54) is 15.2 Å². The van der Waals surface area contributed by atoms with Crippen LogP contribution in [-0.2, 0) is 9.47 Å². The van der Waals surface area contributed by atoms with Crippen molar-refractivity contribution in [2.24, 2.45) is 0 Å². The molecule has 286 valence electrons. The fourth-order valence-electron chi connectivity index (χ4n) is 7.83. The molecule has 0 amide bonds. The van der Waals surface area contributed by atoms with Crippen molar-refractivity contribution in [3.05, 3.63) is 30.3 Å². The molecule has 0 unspecified atom stereocenters. The maximum atomic E-state index is 10.2. The minimum atomic E-state index is -0.263. The Morgan fingerprint density at radius 2 is 0.833 bits per heavy atom. The first-order valence-corrected chi connectivity index (χ1v) is 16.7. The highest BCUT2D eigenvalue weighted by Crippen LogP contribution is 2.40. The summed E-state index contributed by atoms with van der Waals surface area (Å²) in [6.07, 6.45) is 5.85. The number of hydrogen-bond acceptors (Lipinski definition) is 9. The SMILES string of the molecule is C.C.C.CC1(C)CC(Oc2ccccc2)CC(C)(C)N1O.CCOC1CC(C)(C)N(O)C(C)(C)C1.COC1CC(C)(C)N(O)C(C)(C)C1. The van der Waals surface area contributed by atoms with Gasteiger partial charge in [0.15, 0.2) is 0 Å². The quantitative estimate of drug-likeness (QED) is 0.280. The molecule has 9 nitrogen and oxygen atoms in total. The Balaban J connectivity index is 0. The molecule has 0 saturated carbocycles. The average molecular weight is 686 g/mol. The molecule has 1 aromatic rings. The van der Waals surface area contributed by atoms with Crippen molar-refractivity contribution in [1.29, 1.82) is 0 Å². The van der Waals surface area contributed by atoms with Crippen LogP contribution < -0.4 is 4.74 Å². The lowest BCUT2D eigenvalue weighted by molar-refractivity contribution is -0.260. The van der Waals surface area contributed by atoms with E-state index in [1.807, 2.05) is 65.0 Å². The molecule has 3 saturated heterocycles. The highest BCUT2D eigenvalue weighted by atomic mass is 16.5. The predicted octanol–water partition coefficient (Wildman–Crippen LogP) is 9.86. The molecule has 0 aromatic heterocycles. The Hall–Kier alpha value is -1.30.